The highest BCUT2D eigenvalue weighted by atomic mass is 16.2. The van der Waals surface area contributed by atoms with Crippen LogP contribution in [0.15, 0.2) is 42.5 Å². The van der Waals surface area contributed by atoms with E-state index in [1.807, 2.05) is 37.4 Å². The van der Waals surface area contributed by atoms with Crippen LogP contribution in [0.5, 0.6) is 0 Å². The maximum atomic E-state index is 13.2. The first kappa shape index (κ1) is 23.8. The molecule has 1 aromatic heterocycles. The number of benzene rings is 2. The van der Waals surface area contributed by atoms with Crippen LogP contribution in [-0.2, 0) is 29.7 Å². The standard InChI is InChI=1S/C26H29N7O3/c1-15(2)18-6-4-5-7-19(18)23(24-29-30-31-32(24)3)27-13-16-8-9-17-14-33(26(36)20(17)12-16)21-10-11-22(34)28-25(21)35/h4-9,12,15,21,23,27H,10-11,13-14H2,1-3H3,(H,28,34,35). The molecule has 0 aliphatic carbocycles. The van der Waals surface area contributed by atoms with Crippen LogP contribution in [0.4, 0.5) is 0 Å². The van der Waals surface area contributed by atoms with Gasteiger partial charge in [-0.15, -0.1) is 5.10 Å². The van der Waals surface area contributed by atoms with Gasteiger partial charge in [0.2, 0.25) is 11.8 Å². The van der Waals surface area contributed by atoms with Gasteiger partial charge in [0.25, 0.3) is 5.91 Å². The first-order valence-electron chi connectivity index (χ1n) is 12.1. The van der Waals surface area contributed by atoms with E-state index in [1.54, 1.807) is 9.58 Å². The number of fused-ring (bicyclic) bond motifs is 1. The molecular weight excluding hydrogens is 458 g/mol. The molecule has 5 rings (SSSR count). The van der Waals surface area contributed by atoms with E-state index >= 15 is 0 Å². The summed E-state index contributed by atoms with van der Waals surface area (Å²) in [7, 11) is 1.82. The highest BCUT2D eigenvalue weighted by Gasteiger charge is 2.39. The zero-order valence-electron chi connectivity index (χ0n) is 20.6. The van der Waals surface area contributed by atoms with Crippen molar-refractivity contribution in [1.29, 1.82) is 0 Å². The number of carbonyl (C=O) groups excluding carboxylic acids is 3. The van der Waals surface area contributed by atoms with Gasteiger partial charge < -0.3 is 4.90 Å². The fraction of sp³-hybridized carbons (Fsp3) is 0.385. The smallest absolute Gasteiger partial charge is 0.255 e. The van der Waals surface area contributed by atoms with Crippen molar-refractivity contribution in [2.45, 2.75) is 57.8 Å². The van der Waals surface area contributed by atoms with Gasteiger partial charge >= 0.3 is 0 Å². The minimum absolute atomic E-state index is 0.180. The van der Waals surface area contributed by atoms with Crippen LogP contribution in [0.2, 0.25) is 0 Å². The summed E-state index contributed by atoms with van der Waals surface area (Å²) in [5.74, 6) is 0.145. The second-order valence-electron chi connectivity index (χ2n) is 9.65. The van der Waals surface area contributed by atoms with Crippen molar-refractivity contribution < 1.29 is 14.4 Å². The molecular formula is C26H29N7O3. The maximum absolute atomic E-state index is 13.2. The number of piperidine rings is 1. The molecule has 2 unspecified atom stereocenters. The van der Waals surface area contributed by atoms with Crippen molar-refractivity contribution in [1.82, 2.24) is 35.7 Å². The predicted octanol–water partition coefficient (Wildman–Crippen LogP) is 1.97. The third kappa shape index (κ3) is 4.39. The summed E-state index contributed by atoms with van der Waals surface area (Å²) >= 11 is 0. The third-order valence-electron chi connectivity index (χ3n) is 6.94. The SMILES string of the molecule is CC(C)c1ccccc1C(NCc1ccc2c(c1)C(=O)N(C1CCC(=O)NC1=O)C2)c1nnnn1C. The van der Waals surface area contributed by atoms with Crippen LogP contribution in [0.25, 0.3) is 0 Å². The molecule has 2 atom stereocenters. The lowest BCUT2D eigenvalue weighted by Gasteiger charge is -2.29. The quantitative estimate of drug-likeness (QED) is 0.489. The van der Waals surface area contributed by atoms with E-state index < -0.39 is 11.9 Å². The molecule has 2 N–H and O–H groups in total. The van der Waals surface area contributed by atoms with Gasteiger partial charge in [-0.3, -0.25) is 25.0 Å². The van der Waals surface area contributed by atoms with E-state index in [9.17, 15) is 14.4 Å². The van der Waals surface area contributed by atoms with Crippen LogP contribution in [0.3, 0.4) is 0 Å². The highest BCUT2D eigenvalue weighted by Crippen LogP contribution is 2.30. The van der Waals surface area contributed by atoms with Crippen LogP contribution in [0.1, 0.15) is 77.1 Å². The van der Waals surface area contributed by atoms with Gasteiger partial charge in [-0.1, -0.05) is 50.2 Å². The van der Waals surface area contributed by atoms with Gasteiger partial charge in [-0.2, -0.15) is 0 Å². The van der Waals surface area contributed by atoms with Crippen molar-refractivity contribution in [3.63, 3.8) is 0 Å². The van der Waals surface area contributed by atoms with Gasteiger partial charge in [-0.05, 0) is 51.1 Å². The Morgan fingerprint density at radius 1 is 1.11 bits per heavy atom. The predicted molar refractivity (Wildman–Crippen MR) is 130 cm³/mol. The lowest BCUT2D eigenvalue weighted by Crippen LogP contribution is -2.52. The maximum Gasteiger partial charge on any atom is 0.255 e. The number of hydrogen-bond acceptors (Lipinski definition) is 7. The molecule has 10 nitrogen and oxygen atoms in total. The number of hydrogen-bond donors (Lipinski definition) is 2. The average molecular weight is 488 g/mol. The second-order valence-corrected chi connectivity index (χ2v) is 9.65. The van der Waals surface area contributed by atoms with Crippen molar-refractivity contribution in [2.75, 3.05) is 0 Å². The van der Waals surface area contributed by atoms with E-state index in [4.69, 9.17) is 0 Å². The Hall–Kier alpha value is -3.92. The minimum Gasteiger partial charge on any atom is -0.322 e. The van der Waals surface area contributed by atoms with E-state index in [-0.39, 0.29) is 24.3 Å². The fourth-order valence-electron chi connectivity index (χ4n) is 5.05. The summed E-state index contributed by atoms with van der Waals surface area (Å²) in [5.41, 5.74) is 4.73. The first-order chi connectivity index (χ1) is 17.3. The molecule has 2 aromatic carbocycles. The topological polar surface area (TPSA) is 122 Å². The van der Waals surface area contributed by atoms with Gasteiger partial charge in [-0.25, -0.2) is 4.68 Å². The Kier molecular flexibility index (Phi) is 6.36. The van der Waals surface area contributed by atoms with E-state index in [2.05, 4.69) is 52.1 Å². The molecule has 3 aromatic rings. The van der Waals surface area contributed by atoms with Crippen molar-refractivity contribution in [3.05, 3.63) is 76.1 Å². The number of aryl methyl sites for hydroxylation is 1. The lowest BCUT2D eigenvalue weighted by atomic mass is 9.92. The Labute approximate surface area is 209 Å². The van der Waals surface area contributed by atoms with Gasteiger partial charge in [0.05, 0.1) is 6.04 Å². The van der Waals surface area contributed by atoms with Crippen molar-refractivity contribution in [2.24, 2.45) is 7.05 Å². The monoisotopic (exact) mass is 487 g/mol. The van der Waals surface area contributed by atoms with E-state index in [0.29, 0.717) is 36.8 Å². The second kappa shape index (κ2) is 9.62. The molecule has 10 heteroatoms. The number of amides is 3. The van der Waals surface area contributed by atoms with E-state index in [0.717, 1.165) is 16.7 Å². The molecule has 186 valence electrons. The molecule has 36 heavy (non-hydrogen) atoms. The largest absolute Gasteiger partial charge is 0.322 e. The molecule has 0 radical (unpaired) electrons. The Balaban J connectivity index is 1.38. The van der Waals surface area contributed by atoms with Crippen LogP contribution in [-0.4, -0.2) is 48.9 Å². The third-order valence-corrected chi connectivity index (χ3v) is 6.94. The molecule has 0 spiro atoms. The molecule has 3 amide bonds. The first-order valence-corrected chi connectivity index (χ1v) is 12.1. The van der Waals surface area contributed by atoms with Crippen LogP contribution < -0.4 is 10.6 Å². The Morgan fingerprint density at radius 2 is 1.89 bits per heavy atom. The normalized spacial score (nSPS) is 18.5. The number of nitrogens with zero attached hydrogens (tertiary/aromatic N) is 5. The van der Waals surface area contributed by atoms with E-state index in [1.165, 1.54) is 5.56 Å². The summed E-state index contributed by atoms with van der Waals surface area (Å²) in [4.78, 5) is 38.6. The zero-order valence-corrected chi connectivity index (χ0v) is 20.6. The van der Waals surface area contributed by atoms with Crippen molar-refractivity contribution in [3.8, 4) is 0 Å². The van der Waals surface area contributed by atoms with Crippen LogP contribution >= 0.6 is 0 Å². The Bertz CT molecular complexity index is 1330. The molecule has 1 saturated heterocycles. The van der Waals surface area contributed by atoms with Crippen LogP contribution in [0, 0.1) is 0 Å². The average Bonchev–Trinajstić information content (AvgIpc) is 3.42. The summed E-state index contributed by atoms with van der Waals surface area (Å²) < 4.78 is 1.67. The Morgan fingerprint density at radius 3 is 2.58 bits per heavy atom. The summed E-state index contributed by atoms with van der Waals surface area (Å²) in [5, 5.41) is 18.1. The number of nitrogens with one attached hydrogen (secondary N) is 2. The number of carbonyl (C=O) groups is 3. The molecule has 2 aliphatic heterocycles. The summed E-state index contributed by atoms with van der Waals surface area (Å²) in [6.45, 7) is 5.17. The fourth-order valence-corrected chi connectivity index (χ4v) is 5.05. The molecule has 2 aliphatic rings. The number of aromatic nitrogens is 4. The lowest BCUT2D eigenvalue weighted by molar-refractivity contribution is -0.136. The summed E-state index contributed by atoms with van der Waals surface area (Å²) in [6.07, 6.45) is 0.587. The number of imide groups is 1. The number of tetrazole rings is 1. The van der Waals surface area contributed by atoms with Gasteiger partial charge in [0.1, 0.15) is 6.04 Å². The molecule has 0 bridgehead atoms. The minimum atomic E-state index is -0.621. The molecule has 1 fully saturated rings. The molecule has 0 saturated carbocycles. The zero-order chi connectivity index (χ0) is 25.4. The summed E-state index contributed by atoms with van der Waals surface area (Å²) in [6, 6.07) is 13.2. The van der Waals surface area contributed by atoms with Gasteiger partial charge in [0.15, 0.2) is 5.82 Å². The molecule has 3 heterocycles. The number of rotatable bonds is 7. The van der Waals surface area contributed by atoms with Gasteiger partial charge in [0, 0.05) is 32.1 Å². The van der Waals surface area contributed by atoms with Crippen molar-refractivity contribution >= 4 is 17.7 Å². The highest BCUT2D eigenvalue weighted by molar-refractivity contribution is 6.05.